The maximum Gasteiger partial charge on any atom is 0.410 e. The van der Waals surface area contributed by atoms with Gasteiger partial charge in [0.15, 0.2) is 0 Å². The van der Waals surface area contributed by atoms with Gasteiger partial charge in [-0.25, -0.2) is 23.1 Å². The fraction of sp³-hybridized carbons (Fsp3) is 0.435. The number of hydrogen-bond donors (Lipinski definition) is 2. The number of ether oxygens (including phenoxy) is 1. The van der Waals surface area contributed by atoms with Crippen molar-refractivity contribution in [1.29, 1.82) is 0 Å². The van der Waals surface area contributed by atoms with E-state index in [0.29, 0.717) is 25.2 Å². The largest absolute Gasteiger partial charge is 0.444 e. The molecular formula is C23H31ClN4O4S. The summed E-state index contributed by atoms with van der Waals surface area (Å²) in [5.41, 5.74) is 4.63. The molecule has 180 valence electrons. The molecule has 1 unspecified atom stereocenters. The first-order valence-corrected chi connectivity index (χ1v) is 12.8. The van der Waals surface area contributed by atoms with Gasteiger partial charge in [0, 0.05) is 26.2 Å². The van der Waals surface area contributed by atoms with Crippen molar-refractivity contribution in [3.8, 4) is 0 Å². The van der Waals surface area contributed by atoms with Gasteiger partial charge < -0.3 is 4.74 Å². The standard InChI is InChI=1S/C23H31ClN4O4S/c1-23(2,3)32-22(29)28-14-13-27(24)16-21(28)20-12-8-7-11-19(20)15-25-26-33(30,31)17-18-9-5-4-6-10-18/h4-12,21,25-26H,13-17H2,1-3H3. The summed E-state index contributed by atoms with van der Waals surface area (Å²) in [6.45, 7) is 7.11. The molecule has 1 atom stereocenters. The van der Waals surface area contributed by atoms with E-state index in [9.17, 15) is 13.2 Å². The number of rotatable bonds is 7. The number of amides is 1. The van der Waals surface area contributed by atoms with E-state index >= 15 is 0 Å². The molecule has 2 aromatic carbocycles. The van der Waals surface area contributed by atoms with Crippen LogP contribution in [0.5, 0.6) is 0 Å². The third-order valence-electron chi connectivity index (χ3n) is 5.08. The van der Waals surface area contributed by atoms with Crippen molar-refractivity contribution in [2.24, 2.45) is 0 Å². The average molecular weight is 495 g/mol. The Morgan fingerprint density at radius 3 is 2.45 bits per heavy atom. The van der Waals surface area contributed by atoms with E-state index in [1.807, 2.05) is 51.1 Å². The van der Waals surface area contributed by atoms with Crippen LogP contribution >= 0.6 is 11.8 Å². The Morgan fingerprint density at radius 1 is 1.09 bits per heavy atom. The zero-order valence-corrected chi connectivity index (χ0v) is 20.7. The van der Waals surface area contributed by atoms with Crippen LogP contribution in [0.4, 0.5) is 4.79 Å². The normalized spacial score (nSPS) is 17.7. The van der Waals surface area contributed by atoms with Crippen molar-refractivity contribution >= 4 is 27.9 Å². The third-order valence-corrected chi connectivity index (χ3v) is 6.55. The minimum Gasteiger partial charge on any atom is -0.444 e. The summed E-state index contributed by atoms with van der Waals surface area (Å²) < 4.78 is 32.1. The highest BCUT2D eigenvalue weighted by Crippen LogP contribution is 2.30. The summed E-state index contributed by atoms with van der Waals surface area (Å²) in [5, 5.41) is 0. The van der Waals surface area contributed by atoms with E-state index in [0.717, 1.165) is 11.1 Å². The first kappa shape index (κ1) is 25.5. The van der Waals surface area contributed by atoms with Crippen LogP contribution < -0.4 is 10.3 Å². The lowest BCUT2D eigenvalue weighted by Gasteiger charge is -2.40. The van der Waals surface area contributed by atoms with Crippen LogP contribution in [-0.4, -0.2) is 49.1 Å². The number of hydrogen-bond acceptors (Lipinski definition) is 6. The molecule has 1 aliphatic rings. The van der Waals surface area contributed by atoms with Crippen LogP contribution in [0.2, 0.25) is 0 Å². The maximum atomic E-state index is 12.9. The second-order valence-electron chi connectivity index (χ2n) is 8.96. The Hall–Kier alpha value is -2.17. The molecule has 1 heterocycles. The number of benzene rings is 2. The molecule has 0 radical (unpaired) electrons. The van der Waals surface area contributed by atoms with Crippen molar-refractivity contribution in [3.05, 3.63) is 71.3 Å². The lowest BCUT2D eigenvalue weighted by atomic mass is 9.97. The van der Waals surface area contributed by atoms with Gasteiger partial charge in [0.05, 0.1) is 11.8 Å². The number of carbonyl (C=O) groups excluding carboxylic acids is 1. The SMILES string of the molecule is CC(C)(C)OC(=O)N1CCN(Cl)CC1c1ccccc1CNNS(=O)(=O)Cc1ccccc1. The van der Waals surface area contributed by atoms with Gasteiger partial charge in [-0.05, 0) is 49.2 Å². The van der Waals surface area contributed by atoms with Crippen molar-refractivity contribution < 1.29 is 17.9 Å². The van der Waals surface area contributed by atoms with Crippen LogP contribution in [0.1, 0.15) is 43.5 Å². The highest BCUT2D eigenvalue weighted by Gasteiger charge is 2.34. The Balaban J connectivity index is 1.72. The molecule has 0 saturated carbocycles. The molecule has 8 nitrogen and oxygen atoms in total. The molecular weight excluding hydrogens is 464 g/mol. The van der Waals surface area contributed by atoms with Crippen molar-refractivity contribution in [3.63, 3.8) is 0 Å². The summed E-state index contributed by atoms with van der Waals surface area (Å²) in [7, 11) is -3.57. The van der Waals surface area contributed by atoms with E-state index < -0.39 is 21.7 Å². The second kappa shape index (κ2) is 10.8. The molecule has 0 aliphatic carbocycles. The van der Waals surface area contributed by atoms with E-state index in [1.165, 1.54) is 0 Å². The average Bonchev–Trinajstić information content (AvgIpc) is 2.73. The maximum absolute atomic E-state index is 12.9. The number of sulfonamides is 1. The van der Waals surface area contributed by atoms with Crippen molar-refractivity contribution in [2.45, 2.75) is 44.7 Å². The predicted octanol–water partition coefficient (Wildman–Crippen LogP) is 3.56. The first-order chi connectivity index (χ1) is 15.5. The van der Waals surface area contributed by atoms with Crippen LogP contribution in [0, 0.1) is 0 Å². The molecule has 2 N–H and O–H groups in total. The summed E-state index contributed by atoms with van der Waals surface area (Å²) in [5.74, 6) is -0.126. The van der Waals surface area contributed by atoms with Gasteiger partial charge in [-0.15, -0.1) is 0 Å². The van der Waals surface area contributed by atoms with E-state index in [-0.39, 0.29) is 18.3 Å². The zero-order chi connectivity index (χ0) is 24.1. The van der Waals surface area contributed by atoms with Gasteiger partial charge in [-0.2, -0.15) is 4.83 Å². The lowest BCUT2D eigenvalue weighted by Crippen LogP contribution is -2.49. The van der Waals surface area contributed by atoms with Gasteiger partial charge in [0.2, 0.25) is 10.0 Å². The zero-order valence-electron chi connectivity index (χ0n) is 19.1. The van der Waals surface area contributed by atoms with Crippen LogP contribution in [0.15, 0.2) is 54.6 Å². The van der Waals surface area contributed by atoms with Gasteiger partial charge in [-0.1, -0.05) is 54.6 Å². The molecule has 10 heteroatoms. The van der Waals surface area contributed by atoms with Gasteiger partial charge >= 0.3 is 6.09 Å². The molecule has 0 aromatic heterocycles. The minimum absolute atomic E-state index is 0.126. The van der Waals surface area contributed by atoms with Crippen LogP contribution in [0.25, 0.3) is 0 Å². The van der Waals surface area contributed by atoms with Gasteiger partial charge in [0.25, 0.3) is 0 Å². The number of hydrazine groups is 1. The molecule has 0 bridgehead atoms. The van der Waals surface area contributed by atoms with Crippen molar-refractivity contribution in [1.82, 2.24) is 19.6 Å². The molecule has 1 amide bonds. The number of nitrogens with one attached hydrogen (secondary N) is 2. The fourth-order valence-electron chi connectivity index (χ4n) is 3.65. The lowest BCUT2D eigenvalue weighted by molar-refractivity contribution is 0.00588. The van der Waals surface area contributed by atoms with Crippen LogP contribution in [-0.2, 0) is 27.1 Å². The minimum atomic E-state index is -3.57. The topological polar surface area (TPSA) is 91.0 Å². The third kappa shape index (κ3) is 7.68. The van der Waals surface area contributed by atoms with E-state index in [4.69, 9.17) is 16.5 Å². The molecule has 1 saturated heterocycles. The van der Waals surface area contributed by atoms with Crippen LogP contribution in [0.3, 0.4) is 0 Å². The Kier molecular flexibility index (Phi) is 8.36. The molecule has 3 rings (SSSR count). The summed E-state index contributed by atoms with van der Waals surface area (Å²) >= 11 is 6.31. The molecule has 2 aromatic rings. The van der Waals surface area contributed by atoms with Crippen molar-refractivity contribution in [2.75, 3.05) is 19.6 Å². The number of halogens is 1. The van der Waals surface area contributed by atoms with E-state index in [2.05, 4.69) is 10.3 Å². The highest BCUT2D eigenvalue weighted by atomic mass is 35.5. The van der Waals surface area contributed by atoms with E-state index in [1.54, 1.807) is 33.6 Å². The molecule has 1 fully saturated rings. The molecule has 0 spiro atoms. The number of piperazine rings is 1. The molecule has 33 heavy (non-hydrogen) atoms. The Morgan fingerprint density at radius 2 is 1.76 bits per heavy atom. The first-order valence-electron chi connectivity index (χ1n) is 10.8. The predicted molar refractivity (Wildman–Crippen MR) is 129 cm³/mol. The Bertz CT molecular complexity index is 1040. The monoisotopic (exact) mass is 494 g/mol. The number of nitrogens with zero attached hydrogens (tertiary/aromatic N) is 2. The highest BCUT2D eigenvalue weighted by molar-refractivity contribution is 7.88. The quantitative estimate of drug-likeness (QED) is 0.452. The number of carbonyl (C=O) groups is 1. The smallest absolute Gasteiger partial charge is 0.410 e. The second-order valence-corrected chi connectivity index (χ2v) is 11.2. The summed E-state index contributed by atoms with van der Waals surface area (Å²) in [6, 6.07) is 16.2. The molecule has 1 aliphatic heterocycles. The summed E-state index contributed by atoms with van der Waals surface area (Å²) in [6.07, 6.45) is -0.399. The van der Waals surface area contributed by atoms with Gasteiger partial charge in [-0.3, -0.25) is 4.90 Å². The van der Waals surface area contributed by atoms with Gasteiger partial charge in [0.1, 0.15) is 5.60 Å². The Labute approximate surface area is 201 Å². The fourth-order valence-corrected chi connectivity index (χ4v) is 4.85. The summed E-state index contributed by atoms with van der Waals surface area (Å²) in [4.78, 5) is 17.0.